The van der Waals surface area contributed by atoms with Crippen molar-refractivity contribution in [1.82, 2.24) is 4.98 Å². The number of aromatic nitrogens is 1. The number of anilines is 1. The van der Waals surface area contributed by atoms with Crippen molar-refractivity contribution < 1.29 is 18.0 Å². The summed E-state index contributed by atoms with van der Waals surface area (Å²) in [6.45, 7) is 1.83. The highest BCUT2D eigenvalue weighted by molar-refractivity contribution is 7.12. The maximum atomic E-state index is 13.5. The molecule has 7 heteroatoms. The zero-order valence-corrected chi connectivity index (χ0v) is 15.9. The second kappa shape index (κ2) is 7.05. The third-order valence-electron chi connectivity index (χ3n) is 4.86. The van der Waals surface area contributed by atoms with Crippen LogP contribution >= 0.6 is 11.3 Å². The normalized spacial score (nSPS) is 13.4. The molecule has 2 heterocycles. The van der Waals surface area contributed by atoms with Crippen LogP contribution in [0.2, 0.25) is 0 Å². The van der Waals surface area contributed by atoms with E-state index in [1.54, 1.807) is 24.3 Å². The van der Waals surface area contributed by atoms with Gasteiger partial charge in [0.1, 0.15) is 10.7 Å². The molecule has 0 fully saturated rings. The number of amides is 1. The Hall–Kier alpha value is -2.67. The van der Waals surface area contributed by atoms with Gasteiger partial charge >= 0.3 is 6.18 Å². The third kappa shape index (κ3) is 3.42. The number of pyridine rings is 1. The first-order valence-electron chi connectivity index (χ1n) is 8.89. The van der Waals surface area contributed by atoms with E-state index in [1.807, 2.05) is 19.1 Å². The summed E-state index contributed by atoms with van der Waals surface area (Å²) in [4.78, 5) is 16.8. The van der Waals surface area contributed by atoms with E-state index in [1.165, 1.54) is 6.20 Å². The first-order chi connectivity index (χ1) is 13.3. The minimum atomic E-state index is -4.39. The highest BCUT2D eigenvalue weighted by atomic mass is 32.1. The van der Waals surface area contributed by atoms with Crippen LogP contribution in [0.1, 0.15) is 37.7 Å². The van der Waals surface area contributed by atoms with Crippen molar-refractivity contribution in [2.75, 3.05) is 5.32 Å². The number of nitrogens with zero attached hydrogens (tertiary/aromatic N) is 1. The van der Waals surface area contributed by atoms with Crippen molar-refractivity contribution >= 4 is 23.1 Å². The number of thiophene rings is 1. The van der Waals surface area contributed by atoms with Gasteiger partial charge in [0, 0.05) is 27.8 Å². The summed E-state index contributed by atoms with van der Waals surface area (Å²) in [5.41, 5.74) is 2.83. The quantitative estimate of drug-likeness (QED) is 0.595. The molecule has 0 saturated heterocycles. The fourth-order valence-corrected chi connectivity index (χ4v) is 4.82. The number of benzene rings is 1. The average Bonchev–Trinajstić information content (AvgIpc) is 3.23. The molecule has 1 N–H and O–H groups in total. The van der Waals surface area contributed by atoms with E-state index in [0.29, 0.717) is 29.8 Å². The fraction of sp³-hybridized carbons (Fsp3) is 0.238. The number of nitrogens with one attached hydrogen (secondary N) is 1. The lowest BCUT2D eigenvalue weighted by Crippen LogP contribution is -2.14. The Labute approximate surface area is 164 Å². The standard InChI is InChI=1S/C21H17F3N2OS/c1-12-5-2-3-6-14(12)20(27)26-17-10-9-13(11-25-17)18-15-7-4-8-16(15)28-19(18)21(22,23)24/h2-3,5-6,9-11H,4,7-8H2,1H3,(H,25,26,27). The number of rotatable bonds is 3. The van der Waals surface area contributed by atoms with Gasteiger partial charge in [0.15, 0.2) is 0 Å². The first-order valence-corrected chi connectivity index (χ1v) is 9.71. The Balaban J connectivity index is 1.63. The molecule has 144 valence electrons. The number of hydrogen-bond donors (Lipinski definition) is 1. The summed E-state index contributed by atoms with van der Waals surface area (Å²) in [5.74, 6) is 0.00296. The molecule has 28 heavy (non-hydrogen) atoms. The number of carbonyl (C=O) groups excluding carboxylic acids is 1. The molecular formula is C21H17F3N2OS. The Morgan fingerprint density at radius 2 is 1.93 bits per heavy atom. The van der Waals surface area contributed by atoms with Crippen LogP contribution < -0.4 is 5.32 Å². The minimum Gasteiger partial charge on any atom is -0.307 e. The topological polar surface area (TPSA) is 42.0 Å². The van der Waals surface area contributed by atoms with Crippen molar-refractivity contribution in [2.45, 2.75) is 32.4 Å². The molecule has 3 nitrogen and oxygen atoms in total. The molecule has 0 unspecified atom stereocenters. The third-order valence-corrected chi connectivity index (χ3v) is 6.20. The Morgan fingerprint density at radius 1 is 1.14 bits per heavy atom. The van der Waals surface area contributed by atoms with Crippen LogP contribution in [0.25, 0.3) is 11.1 Å². The van der Waals surface area contributed by atoms with E-state index in [4.69, 9.17) is 0 Å². The lowest BCUT2D eigenvalue weighted by atomic mass is 10.0. The van der Waals surface area contributed by atoms with E-state index in [2.05, 4.69) is 10.3 Å². The number of carbonyl (C=O) groups is 1. The van der Waals surface area contributed by atoms with Crippen molar-refractivity contribution in [3.05, 3.63) is 69.0 Å². The highest BCUT2D eigenvalue weighted by Gasteiger charge is 2.39. The van der Waals surface area contributed by atoms with Gasteiger partial charge in [0.2, 0.25) is 0 Å². The SMILES string of the molecule is Cc1ccccc1C(=O)Nc1ccc(-c2c(C(F)(F)F)sc3c2CCC3)cn1. The lowest BCUT2D eigenvalue weighted by molar-refractivity contribution is -0.133. The van der Waals surface area contributed by atoms with Crippen molar-refractivity contribution in [3.8, 4) is 11.1 Å². The van der Waals surface area contributed by atoms with Gasteiger partial charge in [0.25, 0.3) is 5.91 Å². The summed E-state index contributed by atoms with van der Waals surface area (Å²) >= 11 is 0.842. The van der Waals surface area contributed by atoms with Crippen molar-refractivity contribution in [1.29, 1.82) is 0 Å². The molecule has 0 radical (unpaired) electrons. The summed E-state index contributed by atoms with van der Waals surface area (Å²) < 4.78 is 40.5. The van der Waals surface area contributed by atoms with Gasteiger partial charge in [-0.1, -0.05) is 18.2 Å². The van der Waals surface area contributed by atoms with Gasteiger partial charge in [-0.05, 0) is 55.5 Å². The summed E-state index contributed by atoms with van der Waals surface area (Å²) in [7, 11) is 0. The van der Waals surface area contributed by atoms with Gasteiger partial charge in [-0.3, -0.25) is 4.79 Å². The monoisotopic (exact) mass is 402 g/mol. The molecule has 0 aliphatic heterocycles. The molecular weight excluding hydrogens is 385 g/mol. The fourth-order valence-electron chi connectivity index (χ4n) is 3.54. The maximum absolute atomic E-state index is 13.5. The molecule has 1 amide bonds. The Kier molecular flexibility index (Phi) is 4.71. The summed E-state index contributed by atoms with van der Waals surface area (Å²) in [5, 5.41) is 2.70. The summed E-state index contributed by atoms with van der Waals surface area (Å²) in [6.07, 6.45) is -0.750. The molecule has 0 saturated carbocycles. The van der Waals surface area contributed by atoms with E-state index >= 15 is 0 Å². The maximum Gasteiger partial charge on any atom is 0.426 e. The molecule has 0 bridgehead atoms. The van der Waals surface area contributed by atoms with Crippen LogP contribution in [0.4, 0.5) is 19.0 Å². The van der Waals surface area contributed by atoms with Crippen LogP contribution in [0.15, 0.2) is 42.6 Å². The van der Waals surface area contributed by atoms with E-state index in [-0.39, 0.29) is 11.5 Å². The van der Waals surface area contributed by atoms with Crippen molar-refractivity contribution in [2.24, 2.45) is 0 Å². The zero-order chi connectivity index (χ0) is 19.9. The van der Waals surface area contributed by atoms with Gasteiger partial charge in [0.05, 0.1) is 0 Å². The molecule has 1 aromatic carbocycles. The van der Waals surface area contributed by atoms with Gasteiger partial charge in [-0.2, -0.15) is 13.2 Å². The number of aryl methyl sites for hydroxylation is 2. The second-order valence-corrected chi connectivity index (χ2v) is 7.87. The van der Waals surface area contributed by atoms with Crippen molar-refractivity contribution in [3.63, 3.8) is 0 Å². The first kappa shape index (κ1) is 18.7. The number of fused-ring (bicyclic) bond motifs is 1. The predicted molar refractivity (Wildman–Crippen MR) is 104 cm³/mol. The Morgan fingerprint density at radius 3 is 2.61 bits per heavy atom. The molecule has 2 aromatic heterocycles. The molecule has 4 rings (SSSR count). The Bertz CT molecular complexity index is 1040. The van der Waals surface area contributed by atoms with Gasteiger partial charge in [-0.25, -0.2) is 4.98 Å². The predicted octanol–water partition coefficient (Wildman–Crippen LogP) is 5.88. The number of halogens is 3. The highest BCUT2D eigenvalue weighted by Crippen LogP contribution is 2.48. The number of hydrogen-bond acceptors (Lipinski definition) is 3. The van der Waals surface area contributed by atoms with Crippen LogP contribution in [-0.2, 0) is 19.0 Å². The average molecular weight is 402 g/mol. The smallest absolute Gasteiger partial charge is 0.307 e. The van der Waals surface area contributed by atoms with E-state index in [0.717, 1.165) is 33.8 Å². The molecule has 1 aliphatic carbocycles. The lowest BCUT2D eigenvalue weighted by Gasteiger charge is -2.11. The van der Waals surface area contributed by atoms with Gasteiger partial charge in [-0.15, -0.1) is 11.3 Å². The number of alkyl halides is 3. The molecule has 1 aliphatic rings. The largest absolute Gasteiger partial charge is 0.426 e. The summed E-state index contributed by atoms with van der Waals surface area (Å²) in [6, 6.07) is 10.3. The van der Waals surface area contributed by atoms with E-state index in [9.17, 15) is 18.0 Å². The van der Waals surface area contributed by atoms with Crippen LogP contribution in [0.3, 0.4) is 0 Å². The van der Waals surface area contributed by atoms with Crippen LogP contribution in [-0.4, -0.2) is 10.9 Å². The molecule has 0 atom stereocenters. The molecule has 3 aromatic rings. The zero-order valence-electron chi connectivity index (χ0n) is 15.1. The van der Waals surface area contributed by atoms with Gasteiger partial charge < -0.3 is 5.32 Å². The van der Waals surface area contributed by atoms with Crippen LogP contribution in [0.5, 0.6) is 0 Å². The van der Waals surface area contributed by atoms with E-state index < -0.39 is 11.1 Å². The van der Waals surface area contributed by atoms with Crippen LogP contribution in [0, 0.1) is 6.92 Å². The minimum absolute atomic E-state index is 0.245. The second-order valence-electron chi connectivity index (χ2n) is 6.76. The molecule has 0 spiro atoms.